The Labute approximate surface area is 146 Å². The Hall–Kier alpha value is -1.96. The van der Waals surface area contributed by atoms with E-state index in [1.165, 1.54) is 44.5 Å². The van der Waals surface area contributed by atoms with E-state index >= 15 is 0 Å². The fraction of sp³-hybridized carbons (Fsp3) is 0.455. The highest BCUT2D eigenvalue weighted by Gasteiger charge is 2.32. The molecule has 0 radical (unpaired) electrons. The van der Waals surface area contributed by atoms with Crippen molar-refractivity contribution in [1.82, 2.24) is 0 Å². The van der Waals surface area contributed by atoms with Crippen molar-refractivity contribution < 1.29 is 9.36 Å². The van der Waals surface area contributed by atoms with Gasteiger partial charge in [-0.25, -0.2) is 4.57 Å². The summed E-state index contributed by atoms with van der Waals surface area (Å²) in [5.41, 5.74) is 11.1. The van der Waals surface area contributed by atoms with Crippen LogP contribution in [0, 0.1) is 48.5 Å². The molecule has 0 fully saturated rings. The van der Waals surface area contributed by atoms with Crippen LogP contribution in [0.2, 0.25) is 0 Å². The fourth-order valence-corrected chi connectivity index (χ4v) is 4.03. The van der Waals surface area contributed by atoms with Gasteiger partial charge in [0.25, 0.3) is 0 Å². The molecule has 128 valence electrons. The van der Waals surface area contributed by atoms with Gasteiger partial charge in [-0.2, -0.15) is 0 Å². The molecule has 1 aromatic carbocycles. The number of hydrogen-bond acceptors (Lipinski definition) is 1. The summed E-state index contributed by atoms with van der Waals surface area (Å²) in [6.07, 6.45) is 2.11. The molecule has 0 N–H and O–H groups in total. The maximum atomic E-state index is 12.7. The van der Waals surface area contributed by atoms with Crippen LogP contribution in [0.15, 0.2) is 12.3 Å². The third-order valence-electron chi connectivity index (χ3n) is 5.65. The highest BCUT2D eigenvalue weighted by molar-refractivity contribution is 5.87. The van der Waals surface area contributed by atoms with Crippen LogP contribution in [-0.4, -0.2) is 5.78 Å². The number of carbonyl (C=O) groups is 1. The predicted molar refractivity (Wildman–Crippen MR) is 99.7 cm³/mol. The van der Waals surface area contributed by atoms with Gasteiger partial charge in [0.15, 0.2) is 11.9 Å². The fourth-order valence-electron chi connectivity index (χ4n) is 4.03. The van der Waals surface area contributed by atoms with Crippen molar-refractivity contribution in [3.63, 3.8) is 0 Å². The van der Waals surface area contributed by atoms with Gasteiger partial charge in [-0.1, -0.05) is 0 Å². The normalized spacial score (nSPS) is 12.4. The number of carbonyl (C=O) groups excluding carboxylic acids is 1. The van der Waals surface area contributed by atoms with Crippen LogP contribution in [0.25, 0.3) is 0 Å². The number of ketones is 1. The monoisotopic (exact) mass is 324 g/mol. The third-order valence-corrected chi connectivity index (χ3v) is 5.65. The molecule has 0 amide bonds. The maximum absolute atomic E-state index is 12.7. The molecule has 0 bridgehead atoms. The molecule has 2 aromatic rings. The maximum Gasteiger partial charge on any atom is 0.199 e. The van der Waals surface area contributed by atoms with Gasteiger partial charge in [0.2, 0.25) is 0 Å². The zero-order valence-corrected chi connectivity index (χ0v) is 16.6. The Bertz CT molecular complexity index is 778. The van der Waals surface area contributed by atoms with E-state index < -0.39 is 0 Å². The lowest BCUT2D eigenvalue weighted by Gasteiger charge is -2.24. The van der Waals surface area contributed by atoms with Crippen LogP contribution >= 0.6 is 0 Å². The molecule has 2 rings (SSSR count). The standard InChI is InChI=1S/C22H30NO/c1-12-10-13(2)22(23(9)11-12)21(19(8)24)20-17(6)15(4)14(3)16(5)18(20)7/h10-11,21H,1-9H3/q+1. The molecule has 2 heteroatoms. The van der Waals surface area contributed by atoms with Crippen LogP contribution in [0.3, 0.4) is 0 Å². The summed E-state index contributed by atoms with van der Waals surface area (Å²) in [5, 5.41) is 0. The van der Waals surface area contributed by atoms with E-state index in [-0.39, 0.29) is 11.7 Å². The molecule has 1 aromatic heterocycles. The Morgan fingerprint density at radius 2 is 1.33 bits per heavy atom. The average Bonchev–Trinajstić information content (AvgIpc) is 2.48. The summed E-state index contributed by atoms with van der Waals surface area (Å²) >= 11 is 0. The van der Waals surface area contributed by atoms with Gasteiger partial charge >= 0.3 is 0 Å². The number of hydrogen-bond donors (Lipinski definition) is 0. The molecule has 1 atom stereocenters. The SMILES string of the molecule is CC(=O)C(c1c(C)c(C)c(C)c(C)c1C)c1c(C)cc(C)c[n+]1C. The van der Waals surface area contributed by atoms with E-state index in [1.54, 1.807) is 6.92 Å². The average molecular weight is 324 g/mol. The van der Waals surface area contributed by atoms with Crippen molar-refractivity contribution in [2.24, 2.45) is 7.05 Å². The Kier molecular flexibility index (Phi) is 4.98. The highest BCUT2D eigenvalue weighted by Crippen LogP contribution is 2.35. The number of Topliss-reactive ketones (excluding diaryl/α,β-unsaturated/α-hetero) is 1. The number of pyridine rings is 1. The van der Waals surface area contributed by atoms with Crippen molar-refractivity contribution in [1.29, 1.82) is 0 Å². The second-order valence-corrected chi connectivity index (χ2v) is 7.28. The van der Waals surface area contributed by atoms with Crippen LogP contribution in [0.1, 0.15) is 63.0 Å². The molecule has 0 spiro atoms. The molecular weight excluding hydrogens is 294 g/mol. The Balaban J connectivity index is 2.88. The van der Waals surface area contributed by atoms with E-state index in [0.29, 0.717) is 0 Å². The summed E-state index contributed by atoms with van der Waals surface area (Å²) in [6, 6.07) is 2.17. The quantitative estimate of drug-likeness (QED) is 0.767. The minimum Gasteiger partial charge on any atom is -0.299 e. The Morgan fingerprint density at radius 1 is 0.875 bits per heavy atom. The summed E-state index contributed by atoms with van der Waals surface area (Å²) in [4.78, 5) is 12.7. The molecule has 1 heterocycles. The second-order valence-electron chi connectivity index (χ2n) is 7.28. The highest BCUT2D eigenvalue weighted by atomic mass is 16.1. The van der Waals surface area contributed by atoms with E-state index in [2.05, 4.69) is 65.3 Å². The number of nitrogens with zero attached hydrogens (tertiary/aromatic N) is 1. The smallest absolute Gasteiger partial charge is 0.199 e. The van der Waals surface area contributed by atoms with E-state index in [4.69, 9.17) is 0 Å². The van der Waals surface area contributed by atoms with Crippen LogP contribution in [0.4, 0.5) is 0 Å². The predicted octanol–water partition coefficient (Wildman–Crippen LogP) is 4.39. The second kappa shape index (κ2) is 6.51. The lowest BCUT2D eigenvalue weighted by Crippen LogP contribution is -2.39. The van der Waals surface area contributed by atoms with Gasteiger partial charge in [0.05, 0.1) is 0 Å². The van der Waals surface area contributed by atoms with Gasteiger partial charge in [-0.05, 0) is 94.8 Å². The topological polar surface area (TPSA) is 20.9 Å². The first-order valence-electron chi connectivity index (χ1n) is 8.62. The van der Waals surface area contributed by atoms with Crippen molar-refractivity contribution in [3.8, 4) is 0 Å². The largest absolute Gasteiger partial charge is 0.299 e. The van der Waals surface area contributed by atoms with Gasteiger partial charge in [-0.15, -0.1) is 0 Å². The number of benzene rings is 1. The van der Waals surface area contributed by atoms with Crippen LogP contribution in [0.5, 0.6) is 0 Å². The van der Waals surface area contributed by atoms with Crippen molar-refractivity contribution >= 4 is 5.78 Å². The number of aryl methyl sites for hydroxylation is 3. The molecule has 0 aliphatic carbocycles. The first-order valence-corrected chi connectivity index (χ1v) is 8.62. The van der Waals surface area contributed by atoms with E-state index in [1.807, 2.05) is 7.05 Å². The molecule has 0 aliphatic heterocycles. The molecule has 0 aliphatic rings. The van der Waals surface area contributed by atoms with Gasteiger partial charge in [0.1, 0.15) is 18.7 Å². The zero-order chi connectivity index (χ0) is 18.3. The molecule has 0 saturated carbocycles. The third kappa shape index (κ3) is 2.90. The summed E-state index contributed by atoms with van der Waals surface area (Å²) < 4.78 is 2.13. The molecular formula is C22H30NO+. The van der Waals surface area contributed by atoms with Crippen molar-refractivity contribution in [3.05, 3.63) is 62.5 Å². The Morgan fingerprint density at radius 3 is 1.75 bits per heavy atom. The summed E-state index contributed by atoms with van der Waals surface area (Å²) in [7, 11) is 2.05. The molecule has 24 heavy (non-hydrogen) atoms. The number of aromatic nitrogens is 1. The van der Waals surface area contributed by atoms with Crippen LogP contribution in [-0.2, 0) is 11.8 Å². The molecule has 1 unspecified atom stereocenters. The van der Waals surface area contributed by atoms with E-state index in [0.717, 1.165) is 5.69 Å². The van der Waals surface area contributed by atoms with Gasteiger partial charge in [-0.3, -0.25) is 4.79 Å². The zero-order valence-electron chi connectivity index (χ0n) is 16.6. The number of rotatable bonds is 3. The van der Waals surface area contributed by atoms with Crippen molar-refractivity contribution in [2.75, 3.05) is 0 Å². The van der Waals surface area contributed by atoms with Crippen LogP contribution < -0.4 is 4.57 Å². The summed E-state index contributed by atoms with van der Waals surface area (Å²) in [5.74, 6) is -0.0139. The van der Waals surface area contributed by atoms with Gasteiger partial charge in [0, 0.05) is 11.1 Å². The minimum atomic E-state index is -0.214. The molecule has 0 saturated heterocycles. The lowest BCUT2D eigenvalue weighted by molar-refractivity contribution is -0.680. The molecule has 2 nitrogen and oxygen atoms in total. The first-order chi connectivity index (χ1) is 11.1. The van der Waals surface area contributed by atoms with Crippen molar-refractivity contribution in [2.45, 2.75) is 61.3 Å². The minimum absolute atomic E-state index is 0.200. The first kappa shape index (κ1) is 18.4. The summed E-state index contributed by atoms with van der Waals surface area (Å²) in [6.45, 7) is 16.7. The lowest BCUT2D eigenvalue weighted by atomic mass is 9.79. The van der Waals surface area contributed by atoms with E-state index in [9.17, 15) is 4.79 Å². The van der Waals surface area contributed by atoms with Gasteiger partial charge < -0.3 is 0 Å².